The van der Waals surface area contributed by atoms with Crippen LogP contribution in [0.3, 0.4) is 0 Å². The molecule has 34 heavy (non-hydrogen) atoms. The summed E-state index contributed by atoms with van der Waals surface area (Å²) in [6.07, 6.45) is 1.45. The van der Waals surface area contributed by atoms with E-state index in [4.69, 9.17) is 19.9 Å². The lowest BCUT2D eigenvalue weighted by atomic mass is 10.1. The fourth-order valence-electron chi connectivity index (χ4n) is 4.22. The van der Waals surface area contributed by atoms with E-state index in [9.17, 15) is 4.79 Å². The van der Waals surface area contributed by atoms with Crippen LogP contribution in [0.5, 0.6) is 0 Å². The summed E-state index contributed by atoms with van der Waals surface area (Å²) in [5.41, 5.74) is 10.8. The van der Waals surface area contributed by atoms with Gasteiger partial charge in [-0.1, -0.05) is 39.0 Å². The molecule has 0 spiro atoms. The topological polar surface area (TPSA) is 83.3 Å². The van der Waals surface area contributed by atoms with Gasteiger partial charge in [-0.25, -0.2) is 9.78 Å². The number of carbonyl (C=O) groups is 1. The van der Waals surface area contributed by atoms with Crippen molar-refractivity contribution in [3.05, 3.63) is 69.7 Å². The molecule has 178 valence electrons. The third-order valence-corrected chi connectivity index (χ3v) is 6.53. The van der Waals surface area contributed by atoms with Crippen LogP contribution in [0.4, 0.5) is 5.69 Å². The molecular formula is C27H30BrN3O3. The highest BCUT2D eigenvalue weighted by atomic mass is 79.9. The first-order chi connectivity index (χ1) is 16.3. The summed E-state index contributed by atoms with van der Waals surface area (Å²) in [6.45, 7) is 8.97. The number of nitrogen functional groups attached to an aromatic ring is 1. The molecule has 2 aromatic carbocycles. The van der Waals surface area contributed by atoms with Crippen LogP contribution in [-0.4, -0.2) is 22.1 Å². The number of ether oxygens (including phenoxy) is 1. The molecular weight excluding hydrogens is 494 g/mol. The molecule has 0 aliphatic rings. The second-order valence-electron chi connectivity index (χ2n) is 8.74. The highest BCUT2D eigenvalue weighted by Gasteiger charge is 2.24. The Kier molecular flexibility index (Phi) is 7.12. The minimum absolute atomic E-state index is 0.322. The third-order valence-electron chi connectivity index (χ3n) is 5.74. The summed E-state index contributed by atoms with van der Waals surface area (Å²) in [5.74, 6) is 1.64. The van der Waals surface area contributed by atoms with Crippen LogP contribution in [0, 0.1) is 5.92 Å². The Hall–Kier alpha value is -3.06. The maximum Gasteiger partial charge on any atom is 0.356 e. The number of anilines is 1. The number of esters is 1. The number of hydrogen-bond acceptors (Lipinski definition) is 5. The average Bonchev–Trinajstić information content (AvgIpc) is 3.31. The number of furan rings is 1. The first-order valence-corrected chi connectivity index (χ1v) is 12.4. The third kappa shape index (κ3) is 4.62. The van der Waals surface area contributed by atoms with Gasteiger partial charge in [0.05, 0.1) is 16.8 Å². The zero-order valence-electron chi connectivity index (χ0n) is 20.0. The van der Waals surface area contributed by atoms with Gasteiger partial charge in [-0.3, -0.25) is 0 Å². The summed E-state index contributed by atoms with van der Waals surface area (Å²) in [6, 6.07) is 13.7. The van der Waals surface area contributed by atoms with Crippen molar-refractivity contribution in [1.82, 2.24) is 9.55 Å². The van der Waals surface area contributed by atoms with E-state index in [0.717, 1.165) is 50.9 Å². The van der Waals surface area contributed by atoms with Gasteiger partial charge < -0.3 is 19.5 Å². The van der Waals surface area contributed by atoms with Crippen molar-refractivity contribution < 1.29 is 13.9 Å². The lowest BCUT2D eigenvalue weighted by Gasteiger charge is -2.12. The highest BCUT2D eigenvalue weighted by Crippen LogP contribution is 2.40. The van der Waals surface area contributed by atoms with E-state index in [1.165, 1.54) is 0 Å². The van der Waals surface area contributed by atoms with E-state index in [1.54, 1.807) is 0 Å². The van der Waals surface area contributed by atoms with Crippen molar-refractivity contribution in [2.75, 3.05) is 12.3 Å². The number of aryl methyl sites for hydroxylation is 1. The molecule has 0 atom stereocenters. The number of fused-ring (bicyclic) bond motifs is 1. The van der Waals surface area contributed by atoms with Crippen molar-refractivity contribution in [2.45, 2.75) is 47.1 Å². The molecule has 0 saturated heterocycles. The van der Waals surface area contributed by atoms with E-state index >= 15 is 0 Å². The number of hydrogen-bond donors (Lipinski definition) is 1. The van der Waals surface area contributed by atoms with Gasteiger partial charge in [0.15, 0.2) is 11.5 Å². The van der Waals surface area contributed by atoms with Gasteiger partial charge in [-0.05, 0) is 65.0 Å². The Morgan fingerprint density at radius 1 is 1.21 bits per heavy atom. The molecule has 2 aromatic heterocycles. The highest BCUT2D eigenvalue weighted by molar-refractivity contribution is 9.10. The van der Waals surface area contributed by atoms with Gasteiger partial charge in [0, 0.05) is 29.6 Å². The van der Waals surface area contributed by atoms with Crippen LogP contribution in [0.15, 0.2) is 51.4 Å². The number of benzene rings is 2. The standard InChI is InChI=1S/C27H30BrN3O3/c1-5-23-30-21(13-16(3)4)25(27(32)33-6-2)31(23)15-17-11-12-22-19(14-17)24(28)26(34-22)18-9-7-8-10-20(18)29/h7-12,14,16H,5-6,13,15,29H2,1-4H3. The molecule has 2 heterocycles. The van der Waals surface area contributed by atoms with Crippen LogP contribution in [0.1, 0.15) is 55.3 Å². The number of nitrogens with zero attached hydrogens (tertiary/aromatic N) is 2. The van der Waals surface area contributed by atoms with Crippen LogP contribution in [0.2, 0.25) is 0 Å². The molecule has 0 radical (unpaired) electrons. The summed E-state index contributed by atoms with van der Waals surface area (Å²) < 4.78 is 14.4. The molecule has 4 aromatic rings. The van der Waals surface area contributed by atoms with E-state index in [0.29, 0.717) is 36.2 Å². The number of aromatic nitrogens is 2. The van der Waals surface area contributed by atoms with Crippen LogP contribution in [0.25, 0.3) is 22.3 Å². The van der Waals surface area contributed by atoms with E-state index < -0.39 is 0 Å². The zero-order valence-corrected chi connectivity index (χ0v) is 21.6. The Labute approximate surface area is 208 Å². The largest absolute Gasteiger partial charge is 0.461 e. The first-order valence-electron chi connectivity index (χ1n) is 11.6. The van der Waals surface area contributed by atoms with E-state index in [1.807, 2.05) is 47.9 Å². The van der Waals surface area contributed by atoms with Gasteiger partial charge in [0.2, 0.25) is 0 Å². The number of nitrogens with two attached hydrogens (primary N) is 1. The molecule has 7 heteroatoms. The van der Waals surface area contributed by atoms with E-state index in [2.05, 4.69) is 42.8 Å². The number of rotatable bonds is 8. The molecule has 0 bridgehead atoms. The smallest absolute Gasteiger partial charge is 0.356 e. The molecule has 0 amide bonds. The Bertz CT molecular complexity index is 1340. The fraction of sp³-hybridized carbons (Fsp3) is 0.333. The average molecular weight is 524 g/mol. The Morgan fingerprint density at radius 3 is 2.65 bits per heavy atom. The Balaban J connectivity index is 1.78. The summed E-state index contributed by atoms with van der Waals surface area (Å²) in [5, 5.41) is 0.953. The summed E-state index contributed by atoms with van der Waals surface area (Å²) in [7, 11) is 0. The molecule has 0 aliphatic heterocycles. The maximum absolute atomic E-state index is 12.9. The SMILES string of the molecule is CCOC(=O)c1c(CC(C)C)nc(CC)n1Cc1ccc2oc(-c3ccccc3N)c(Br)c2c1. The number of para-hydroxylation sites is 1. The number of halogens is 1. The molecule has 0 fully saturated rings. The van der Waals surface area contributed by atoms with Crippen molar-refractivity contribution in [2.24, 2.45) is 5.92 Å². The molecule has 0 aliphatic carbocycles. The maximum atomic E-state index is 12.9. The Morgan fingerprint density at radius 2 is 1.97 bits per heavy atom. The van der Waals surface area contributed by atoms with Crippen molar-refractivity contribution in [3.63, 3.8) is 0 Å². The molecule has 4 rings (SSSR count). The summed E-state index contributed by atoms with van der Waals surface area (Å²) >= 11 is 3.72. The first kappa shape index (κ1) is 24.1. The number of carbonyl (C=O) groups excluding carboxylic acids is 1. The second-order valence-corrected chi connectivity index (χ2v) is 9.54. The van der Waals surface area contributed by atoms with Gasteiger partial charge in [0.25, 0.3) is 0 Å². The van der Waals surface area contributed by atoms with Crippen molar-refractivity contribution in [1.29, 1.82) is 0 Å². The van der Waals surface area contributed by atoms with Gasteiger partial charge >= 0.3 is 5.97 Å². The van der Waals surface area contributed by atoms with Crippen molar-refractivity contribution in [3.8, 4) is 11.3 Å². The lowest BCUT2D eigenvalue weighted by Crippen LogP contribution is -2.17. The second kappa shape index (κ2) is 10.1. The van der Waals surface area contributed by atoms with Gasteiger partial charge in [-0.2, -0.15) is 0 Å². The zero-order chi connectivity index (χ0) is 24.4. The summed E-state index contributed by atoms with van der Waals surface area (Å²) in [4.78, 5) is 17.8. The minimum Gasteiger partial charge on any atom is -0.461 e. The molecule has 2 N–H and O–H groups in total. The predicted molar refractivity (Wildman–Crippen MR) is 139 cm³/mol. The van der Waals surface area contributed by atoms with Crippen LogP contribution in [-0.2, 0) is 24.1 Å². The fourth-order valence-corrected chi connectivity index (χ4v) is 4.83. The lowest BCUT2D eigenvalue weighted by molar-refractivity contribution is 0.0512. The molecule has 0 unspecified atom stereocenters. The van der Waals surface area contributed by atoms with Crippen LogP contribution >= 0.6 is 15.9 Å². The quantitative estimate of drug-likeness (QED) is 0.207. The van der Waals surface area contributed by atoms with Crippen molar-refractivity contribution >= 4 is 38.6 Å². The normalized spacial score (nSPS) is 11.5. The predicted octanol–water partition coefficient (Wildman–Crippen LogP) is 6.63. The molecule has 0 saturated carbocycles. The minimum atomic E-state index is -0.322. The van der Waals surface area contributed by atoms with Gasteiger partial charge in [0.1, 0.15) is 11.4 Å². The van der Waals surface area contributed by atoms with E-state index in [-0.39, 0.29) is 5.97 Å². The van der Waals surface area contributed by atoms with Crippen LogP contribution < -0.4 is 5.73 Å². The number of imidazole rings is 1. The molecule has 6 nitrogen and oxygen atoms in total. The monoisotopic (exact) mass is 523 g/mol. The van der Waals surface area contributed by atoms with Gasteiger partial charge in [-0.15, -0.1) is 0 Å².